The largest absolute Gasteiger partial charge is 0.394 e. The molecule has 3 N–H and O–H groups in total. The van der Waals surface area contributed by atoms with Crippen LogP contribution in [0.1, 0.15) is 109 Å². The van der Waals surface area contributed by atoms with Gasteiger partial charge in [-0.1, -0.05) is 49.4 Å². The Kier molecular flexibility index (Phi) is 8.13. The van der Waals surface area contributed by atoms with E-state index in [1.807, 2.05) is 12.1 Å². The standard InChI is InChI=1S/C34H48ClN3O/c1-22(34-19-24-14-25(20-34)16-26(15-24)21-34)37-33(39)31(36)30-13-6-5-9-27(17-23-8-7-10-28(35)18-23)32(30)38-29-11-3-2-4-12-29/h7-8,10,18,22,24-27,29H,2-6,9,11-17,19-21,36H2,1H3,(H,37,39). The van der Waals surface area contributed by atoms with Gasteiger partial charge in [-0.15, -0.1) is 0 Å². The number of benzene rings is 1. The Labute approximate surface area is 240 Å². The Morgan fingerprint density at radius 1 is 1.03 bits per heavy atom. The summed E-state index contributed by atoms with van der Waals surface area (Å²) in [6.07, 6.45) is 19.2. The molecule has 4 nitrogen and oxygen atoms in total. The molecule has 1 amide bonds. The first-order chi connectivity index (χ1) is 18.9. The molecule has 7 rings (SSSR count). The SMILES string of the molecule is CC(NC(=O)C(N)=C1CCCCC(Cc2cccc(Cl)c2)C1=NC1CCCCC1)C12CC3CC(CC(C3)C1)C2. The third-order valence-electron chi connectivity index (χ3n) is 11.1. The monoisotopic (exact) mass is 549 g/mol. The number of nitrogens with two attached hydrogens (primary N) is 1. The van der Waals surface area contributed by atoms with Gasteiger partial charge in [-0.25, -0.2) is 0 Å². The van der Waals surface area contributed by atoms with Crippen molar-refractivity contribution in [2.75, 3.05) is 0 Å². The molecule has 4 bridgehead atoms. The number of hydrogen-bond donors (Lipinski definition) is 2. The summed E-state index contributed by atoms with van der Waals surface area (Å²) in [5.41, 5.74) is 10.9. The first kappa shape index (κ1) is 27.4. The quantitative estimate of drug-likeness (QED) is 0.281. The van der Waals surface area contributed by atoms with Crippen LogP contribution in [-0.4, -0.2) is 23.7 Å². The first-order valence-corrected chi connectivity index (χ1v) is 16.4. The van der Waals surface area contributed by atoms with Gasteiger partial charge in [-0.3, -0.25) is 9.79 Å². The van der Waals surface area contributed by atoms with Crippen molar-refractivity contribution in [1.82, 2.24) is 5.32 Å². The number of halogens is 1. The minimum absolute atomic E-state index is 0.0620. The summed E-state index contributed by atoms with van der Waals surface area (Å²) in [6, 6.07) is 8.75. The molecule has 0 heterocycles. The first-order valence-electron chi connectivity index (χ1n) is 16.0. The zero-order valence-electron chi connectivity index (χ0n) is 23.9. The second-order valence-corrected chi connectivity index (χ2v) is 14.4. The summed E-state index contributed by atoms with van der Waals surface area (Å²) < 4.78 is 0. The van der Waals surface area contributed by atoms with Crippen molar-refractivity contribution in [2.24, 2.45) is 39.8 Å². The Bertz CT molecular complexity index is 1080. The summed E-state index contributed by atoms with van der Waals surface area (Å²) in [7, 11) is 0. The van der Waals surface area contributed by atoms with E-state index in [9.17, 15) is 4.79 Å². The van der Waals surface area contributed by atoms with Gasteiger partial charge in [0.05, 0.1) is 6.04 Å². The van der Waals surface area contributed by atoms with Crippen LogP contribution in [0.5, 0.6) is 0 Å². The smallest absolute Gasteiger partial charge is 0.267 e. The normalized spacial score (nSPS) is 36.0. The van der Waals surface area contributed by atoms with E-state index in [2.05, 4.69) is 24.4 Å². The number of amides is 1. The lowest BCUT2D eigenvalue weighted by Gasteiger charge is -2.59. The maximum atomic E-state index is 13.8. The number of aliphatic imine (C=N–C) groups is 1. The van der Waals surface area contributed by atoms with Gasteiger partial charge in [0.15, 0.2) is 0 Å². The highest BCUT2D eigenvalue weighted by molar-refractivity contribution is 6.30. The third kappa shape index (κ3) is 5.97. The summed E-state index contributed by atoms with van der Waals surface area (Å²) in [4.78, 5) is 19.3. The van der Waals surface area contributed by atoms with Crippen molar-refractivity contribution >= 4 is 23.2 Å². The van der Waals surface area contributed by atoms with E-state index in [4.69, 9.17) is 22.3 Å². The van der Waals surface area contributed by atoms with Gasteiger partial charge in [-0.2, -0.15) is 0 Å². The number of nitrogens with one attached hydrogen (secondary N) is 1. The molecule has 1 aromatic rings. The Hall–Kier alpha value is -1.81. The van der Waals surface area contributed by atoms with Gasteiger partial charge < -0.3 is 11.1 Å². The summed E-state index contributed by atoms with van der Waals surface area (Å²) >= 11 is 6.36. The molecular formula is C34H48ClN3O. The highest BCUT2D eigenvalue weighted by Gasteiger charge is 2.53. The van der Waals surface area contributed by atoms with Gasteiger partial charge in [0.25, 0.3) is 5.91 Å². The summed E-state index contributed by atoms with van der Waals surface area (Å²) in [5.74, 6) is 2.82. The molecular weight excluding hydrogens is 502 g/mol. The predicted octanol–water partition coefficient (Wildman–Crippen LogP) is 7.78. The lowest BCUT2D eigenvalue weighted by molar-refractivity contribution is -0.122. The molecule has 6 aliphatic carbocycles. The van der Waals surface area contributed by atoms with Crippen LogP contribution in [0, 0.1) is 29.1 Å². The molecule has 0 aliphatic heterocycles. The maximum absolute atomic E-state index is 13.8. The molecule has 39 heavy (non-hydrogen) atoms. The molecule has 6 aliphatic rings. The molecule has 0 saturated heterocycles. The maximum Gasteiger partial charge on any atom is 0.267 e. The molecule has 5 heteroatoms. The lowest BCUT2D eigenvalue weighted by Crippen LogP contribution is -2.56. The molecule has 1 aromatic carbocycles. The zero-order chi connectivity index (χ0) is 27.0. The van der Waals surface area contributed by atoms with Crippen LogP contribution in [0.25, 0.3) is 0 Å². The van der Waals surface area contributed by atoms with Crippen molar-refractivity contribution in [1.29, 1.82) is 0 Å². The van der Waals surface area contributed by atoms with Crippen molar-refractivity contribution in [3.8, 4) is 0 Å². The molecule has 6 fully saturated rings. The van der Waals surface area contributed by atoms with Crippen LogP contribution in [-0.2, 0) is 11.2 Å². The van der Waals surface area contributed by atoms with Gasteiger partial charge in [0, 0.05) is 28.3 Å². The number of hydrogen-bond acceptors (Lipinski definition) is 3. The Morgan fingerprint density at radius 3 is 2.36 bits per heavy atom. The van der Waals surface area contributed by atoms with Crippen LogP contribution >= 0.6 is 11.6 Å². The fraction of sp³-hybridized carbons (Fsp3) is 0.706. The molecule has 2 unspecified atom stereocenters. The second kappa shape index (κ2) is 11.6. The van der Waals surface area contributed by atoms with E-state index >= 15 is 0 Å². The minimum atomic E-state index is -0.0620. The zero-order valence-corrected chi connectivity index (χ0v) is 24.7. The van der Waals surface area contributed by atoms with E-state index in [1.54, 1.807) is 0 Å². The van der Waals surface area contributed by atoms with Gasteiger partial charge >= 0.3 is 0 Å². The van der Waals surface area contributed by atoms with Gasteiger partial charge in [-0.05, 0) is 125 Å². The fourth-order valence-corrected chi connectivity index (χ4v) is 9.70. The van der Waals surface area contributed by atoms with Crippen molar-refractivity contribution < 1.29 is 4.79 Å². The Morgan fingerprint density at radius 2 is 1.69 bits per heavy atom. The van der Waals surface area contributed by atoms with Crippen LogP contribution in [0.2, 0.25) is 5.02 Å². The molecule has 212 valence electrons. The minimum Gasteiger partial charge on any atom is -0.394 e. The van der Waals surface area contributed by atoms with Crippen molar-refractivity contribution in [3.05, 3.63) is 46.1 Å². The summed E-state index contributed by atoms with van der Waals surface area (Å²) in [6.45, 7) is 2.26. The van der Waals surface area contributed by atoms with Crippen LogP contribution in [0.3, 0.4) is 0 Å². The second-order valence-electron chi connectivity index (χ2n) is 14.0. The number of rotatable bonds is 6. The third-order valence-corrected chi connectivity index (χ3v) is 11.3. The topological polar surface area (TPSA) is 67.5 Å². The molecule has 0 radical (unpaired) electrons. The number of nitrogens with zero attached hydrogens (tertiary/aromatic N) is 1. The van der Waals surface area contributed by atoms with Crippen molar-refractivity contribution in [2.45, 2.75) is 122 Å². The Balaban J connectivity index is 1.27. The van der Waals surface area contributed by atoms with E-state index in [-0.39, 0.29) is 23.3 Å². The van der Waals surface area contributed by atoms with E-state index in [0.29, 0.717) is 11.7 Å². The number of carbonyl (C=O) groups is 1. The fourth-order valence-electron chi connectivity index (χ4n) is 9.49. The van der Waals surface area contributed by atoms with E-state index < -0.39 is 0 Å². The van der Waals surface area contributed by atoms with Gasteiger partial charge in [0.2, 0.25) is 0 Å². The lowest BCUT2D eigenvalue weighted by atomic mass is 9.48. The number of allylic oxidation sites excluding steroid dienone is 1. The highest BCUT2D eigenvalue weighted by Crippen LogP contribution is 2.61. The van der Waals surface area contributed by atoms with E-state index in [0.717, 1.165) is 79.0 Å². The highest BCUT2D eigenvalue weighted by atomic mass is 35.5. The van der Waals surface area contributed by atoms with Crippen LogP contribution < -0.4 is 11.1 Å². The van der Waals surface area contributed by atoms with Crippen LogP contribution in [0.4, 0.5) is 0 Å². The van der Waals surface area contributed by atoms with Crippen molar-refractivity contribution in [3.63, 3.8) is 0 Å². The van der Waals surface area contributed by atoms with E-state index in [1.165, 1.54) is 63.4 Å². The molecule has 0 aromatic heterocycles. The molecule has 2 atom stereocenters. The predicted molar refractivity (Wildman–Crippen MR) is 161 cm³/mol. The van der Waals surface area contributed by atoms with Crippen LogP contribution in [0.15, 0.2) is 40.5 Å². The molecule has 6 saturated carbocycles. The average molecular weight is 550 g/mol. The summed E-state index contributed by atoms with van der Waals surface area (Å²) in [5, 5.41) is 4.23. The average Bonchev–Trinajstić information content (AvgIpc) is 3.10. The molecule has 0 spiro atoms. The number of carbonyl (C=O) groups excluding carboxylic acids is 1. The van der Waals surface area contributed by atoms with Gasteiger partial charge in [0.1, 0.15) is 5.70 Å².